The summed E-state index contributed by atoms with van der Waals surface area (Å²) in [6, 6.07) is 7.05. The van der Waals surface area contributed by atoms with E-state index in [0.29, 0.717) is 30.8 Å². The molecule has 8 heteroatoms. The molecule has 8 nitrogen and oxygen atoms in total. The van der Waals surface area contributed by atoms with Crippen molar-refractivity contribution in [3.63, 3.8) is 0 Å². The first-order chi connectivity index (χ1) is 14.6. The van der Waals surface area contributed by atoms with Crippen molar-refractivity contribution in [1.29, 1.82) is 0 Å². The number of hydrogen-bond donors (Lipinski definition) is 2. The number of benzene rings is 1. The Hall–Kier alpha value is -2.58. The lowest BCUT2D eigenvalue weighted by molar-refractivity contribution is -0.145. The molecule has 1 aliphatic heterocycles. The van der Waals surface area contributed by atoms with Crippen LogP contribution in [0.3, 0.4) is 0 Å². The van der Waals surface area contributed by atoms with Gasteiger partial charge in [-0.15, -0.1) is 0 Å². The molecule has 1 saturated carbocycles. The first-order valence-corrected chi connectivity index (χ1v) is 10.6. The van der Waals surface area contributed by atoms with Gasteiger partial charge >= 0.3 is 5.97 Å². The van der Waals surface area contributed by atoms with E-state index in [-0.39, 0.29) is 5.76 Å². The van der Waals surface area contributed by atoms with Crippen LogP contribution < -0.4 is 10.1 Å². The first kappa shape index (κ1) is 20.7. The number of amides is 1. The minimum atomic E-state index is -1.21. The minimum absolute atomic E-state index is 0.113. The van der Waals surface area contributed by atoms with Gasteiger partial charge in [-0.3, -0.25) is 9.69 Å². The number of nitrogens with one attached hydrogen (secondary N) is 1. The zero-order valence-corrected chi connectivity index (χ0v) is 17.0. The van der Waals surface area contributed by atoms with Crippen molar-refractivity contribution < 1.29 is 28.6 Å². The minimum Gasteiger partial charge on any atom is -0.492 e. The number of carboxylic acids is 1. The summed E-state index contributed by atoms with van der Waals surface area (Å²) in [5, 5.41) is 13.1. The van der Waals surface area contributed by atoms with Crippen LogP contribution >= 0.6 is 0 Å². The molecular weight excluding hydrogens is 388 g/mol. The Kier molecular flexibility index (Phi) is 6.24. The Labute approximate surface area is 175 Å². The summed E-state index contributed by atoms with van der Waals surface area (Å²) in [4.78, 5) is 26.8. The quantitative estimate of drug-likeness (QED) is 0.715. The van der Waals surface area contributed by atoms with Crippen molar-refractivity contribution in [3.8, 4) is 5.75 Å². The highest BCUT2D eigenvalue weighted by Gasteiger charge is 2.41. The number of fused-ring (bicyclic) bond motifs is 1. The smallest absolute Gasteiger partial charge is 0.329 e. The van der Waals surface area contributed by atoms with Crippen molar-refractivity contribution in [3.05, 3.63) is 30.0 Å². The molecule has 0 radical (unpaired) electrons. The van der Waals surface area contributed by atoms with Crippen LogP contribution in [0.25, 0.3) is 11.0 Å². The zero-order valence-electron chi connectivity index (χ0n) is 17.0. The number of rotatable bonds is 7. The molecule has 0 spiro atoms. The maximum absolute atomic E-state index is 12.7. The van der Waals surface area contributed by atoms with E-state index in [1.165, 1.54) is 0 Å². The van der Waals surface area contributed by atoms with E-state index in [1.807, 2.05) is 12.1 Å². The van der Waals surface area contributed by atoms with Gasteiger partial charge in [-0.1, -0.05) is 19.3 Å². The summed E-state index contributed by atoms with van der Waals surface area (Å²) in [6.45, 7) is 4.75. The molecule has 1 aromatic heterocycles. The van der Waals surface area contributed by atoms with Crippen molar-refractivity contribution in [2.24, 2.45) is 0 Å². The summed E-state index contributed by atoms with van der Waals surface area (Å²) >= 11 is 0. The summed E-state index contributed by atoms with van der Waals surface area (Å²) in [5.74, 6) is -0.660. The van der Waals surface area contributed by atoms with Crippen LogP contribution in [-0.4, -0.2) is 66.9 Å². The van der Waals surface area contributed by atoms with E-state index in [9.17, 15) is 14.7 Å². The van der Waals surface area contributed by atoms with Crippen molar-refractivity contribution in [1.82, 2.24) is 10.2 Å². The molecule has 1 amide bonds. The second-order valence-corrected chi connectivity index (χ2v) is 8.01. The molecule has 2 aliphatic rings. The number of furan rings is 1. The normalized spacial score (nSPS) is 19.5. The molecule has 0 bridgehead atoms. The van der Waals surface area contributed by atoms with E-state index in [1.54, 1.807) is 12.1 Å². The van der Waals surface area contributed by atoms with Crippen LogP contribution in [0.15, 0.2) is 28.7 Å². The number of carboxylic acid groups (broad SMARTS) is 1. The molecule has 30 heavy (non-hydrogen) atoms. The fourth-order valence-corrected chi connectivity index (χ4v) is 4.17. The number of hydrogen-bond acceptors (Lipinski definition) is 6. The van der Waals surface area contributed by atoms with E-state index >= 15 is 0 Å². The molecule has 1 aromatic carbocycles. The van der Waals surface area contributed by atoms with Crippen LogP contribution in [0.1, 0.15) is 42.7 Å². The molecule has 2 fully saturated rings. The van der Waals surface area contributed by atoms with Crippen LogP contribution in [0, 0.1) is 0 Å². The zero-order chi connectivity index (χ0) is 21.0. The molecule has 2 heterocycles. The Balaban J connectivity index is 1.40. The van der Waals surface area contributed by atoms with Gasteiger partial charge in [0.2, 0.25) is 0 Å². The summed E-state index contributed by atoms with van der Waals surface area (Å²) in [6.07, 6.45) is 3.45. The number of nitrogens with zero attached hydrogens (tertiary/aromatic N) is 1. The standard InChI is InChI=1S/C22H28N2O6/c25-20(23-22(21(26)27)6-2-1-3-7-22)19-15-16-14-17(4-5-18(16)30-19)29-13-10-24-8-11-28-12-9-24/h4-5,14-15H,1-3,6-13H2,(H,23,25)(H,26,27). The van der Waals surface area contributed by atoms with Gasteiger partial charge < -0.3 is 24.3 Å². The summed E-state index contributed by atoms with van der Waals surface area (Å²) in [5.41, 5.74) is -0.643. The summed E-state index contributed by atoms with van der Waals surface area (Å²) in [7, 11) is 0. The van der Waals surface area contributed by atoms with Crippen molar-refractivity contribution >= 4 is 22.8 Å². The van der Waals surface area contributed by atoms with Gasteiger partial charge in [-0.05, 0) is 37.1 Å². The van der Waals surface area contributed by atoms with Crippen molar-refractivity contribution in [2.75, 3.05) is 39.5 Å². The molecule has 162 valence electrons. The number of morpholine rings is 1. The molecular formula is C22H28N2O6. The molecule has 2 N–H and O–H groups in total. The molecule has 0 atom stereocenters. The average Bonchev–Trinajstić information content (AvgIpc) is 3.19. The highest BCUT2D eigenvalue weighted by Crippen LogP contribution is 2.30. The van der Waals surface area contributed by atoms with Gasteiger partial charge in [-0.25, -0.2) is 4.79 Å². The van der Waals surface area contributed by atoms with Gasteiger partial charge in [0.15, 0.2) is 5.76 Å². The Bertz CT molecular complexity index is 896. The Morgan fingerprint density at radius 3 is 2.63 bits per heavy atom. The van der Waals surface area contributed by atoms with Gasteiger partial charge in [0, 0.05) is 25.0 Å². The van der Waals surface area contributed by atoms with Gasteiger partial charge in [-0.2, -0.15) is 0 Å². The number of carbonyl (C=O) groups is 2. The van der Waals surface area contributed by atoms with E-state index in [4.69, 9.17) is 13.9 Å². The summed E-state index contributed by atoms with van der Waals surface area (Å²) < 4.78 is 16.9. The lowest BCUT2D eigenvalue weighted by atomic mass is 9.81. The molecule has 0 unspecified atom stereocenters. The fraction of sp³-hybridized carbons (Fsp3) is 0.545. The van der Waals surface area contributed by atoms with Crippen LogP contribution in [0.2, 0.25) is 0 Å². The second kappa shape index (κ2) is 9.06. The van der Waals surface area contributed by atoms with Gasteiger partial charge in [0.05, 0.1) is 13.2 Å². The fourth-order valence-electron chi connectivity index (χ4n) is 4.17. The van der Waals surface area contributed by atoms with Crippen LogP contribution in [0.4, 0.5) is 0 Å². The van der Waals surface area contributed by atoms with E-state index < -0.39 is 17.4 Å². The predicted octanol–water partition coefficient (Wildman–Crippen LogP) is 2.66. The molecule has 4 rings (SSSR count). The maximum atomic E-state index is 12.7. The van der Waals surface area contributed by atoms with Gasteiger partial charge in [0.25, 0.3) is 5.91 Å². The van der Waals surface area contributed by atoms with E-state index in [0.717, 1.165) is 57.5 Å². The highest BCUT2D eigenvalue weighted by atomic mass is 16.5. The topological polar surface area (TPSA) is 101 Å². The van der Waals surface area contributed by atoms with Gasteiger partial charge in [0.1, 0.15) is 23.5 Å². The van der Waals surface area contributed by atoms with Crippen LogP contribution in [0.5, 0.6) is 5.75 Å². The maximum Gasteiger partial charge on any atom is 0.329 e. The average molecular weight is 416 g/mol. The van der Waals surface area contributed by atoms with Crippen LogP contribution in [-0.2, 0) is 9.53 Å². The number of ether oxygens (including phenoxy) is 2. The SMILES string of the molecule is O=C(NC1(C(=O)O)CCCCC1)c1cc2cc(OCCN3CCOCC3)ccc2o1. The lowest BCUT2D eigenvalue weighted by Gasteiger charge is -2.33. The Morgan fingerprint density at radius 2 is 1.90 bits per heavy atom. The molecule has 2 aromatic rings. The molecule has 1 aliphatic carbocycles. The third-order valence-corrected chi connectivity index (χ3v) is 5.96. The highest BCUT2D eigenvalue weighted by molar-refractivity contribution is 5.99. The van der Waals surface area contributed by atoms with E-state index in [2.05, 4.69) is 10.2 Å². The largest absolute Gasteiger partial charge is 0.492 e. The second-order valence-electron chi connectivity index (χ2n) is 8.01. The third kappa shape index (κ3) is 4.60. The lowest BCUT2D eigenvalue weighted by Crippen LogP contribution is -2.55. The van der Waals surface area contributed by atoms with Crippen molar-refractivity contribution in [2.45, 2.75) is 37.6 Å². The first-order valence-electron chi connectivity index (χ1n) is 10.6. The number of carbonyl (C=O) groups excluding carboxylic acids is 1. The Morgan fingerprint density at radius 1 is 1.13 bits per heavy atom. The predicted molar refractivity (Wildman–Crippen MR) is 110 cm³/mol. The molecule has 1 saturated heterocycles. The third-order valence-electron chi connectivity index (χ3n) is 5.96. The monoisotopic (exact) mass is 416 g/mol. The number of aliphatic carboxylic acids is 1.